The zero-order chi connectivity index (χ0) is 14.0. The number of ether oxygens (including phenoxy) is 2. The van der Waals surface area contributed by atoms with E-state index < -0.39 is 37.3 Å². The largest absolute Gasteiger partial charge is 0.508 e. The molecule has 1 saturated heterocycles. The van der Waals surface area contributed by atoms with Crippen molar-refractivity contribution in [1.29, 1.82) is 0 Å². The molecule has 19 heavy (non-hydrogen) atoms. The van der Waals surface area contributed by atoms with E-state index in [1.54, 1.807) is 0 Å². The van der Waals surface area contributed by atoms with E-state index in [4.69, 9.17) is 14.6 Å². The van der Waals surface area contributed by atoms with Gasteiger partial charge in [-0.15, -0.1) is 0 Å². The third kappa shape index (κ3) is 2.96. The van der Waals surface area contributed by atoms with Crippen LogP contribution in [0.5, 0.6) is 11.5 Å². The Morgan fingerprint density at radius 1 is 1.16 bits per heavy atom. The highest BCUT2D eigenvalue weighted by molar-refractivity contribution is 5.32. The van der Waals surface area contributed by atoms with Crippen LogP contribution in [0.25, 0.3) is 0 Å². The number of hydrogen-bond donors (Lipinski definition) is 5. The third-order valence-electron chi connectivity index (χ3n) is 2.93. The van der Waals surface area contributed by atoms with Crippen molar-refractivity contribution in [2.24, 2.45) is 0 Å². The van der Waals surface area contributed by atoms with Gasteiger partial charge in [-0.05, 0) is 12.1 Å². The summed E-state index contributed by atoms with van der Waals surface area (Å²) in [7, 11) is 0. The van der Waals surface area contributed by atoms with Gasteiger partial charge in [0.2, 0.25) is 0 Å². The van der Waals surface area contributed by atoms with Crippen molar-refractivity contribution in [2.45, 2.75) is 30.7 Å². The zero-order valence-electron chi connectivity index (χ0n) is 9.96. The Kier molecular flexibility index (Phi) is 4.23. The maximum Gasteiger partial charge on any atom is 0.185 e. The van der Waals surface area contributed by atoms with Crippen LogP contribution in [0.2, 0.25) is 0 Å². The number of rotatable bonds is 3. The van der Waals surface area contributed by atoms with Crippen molar-refractivity contribution < 1.29 is 35.0 Å². The summed E-state index contributed by atoms with van der Waals surface area (Å²) in [5.74, 6) is 0.182. The SMILES string of the molecule is OC[C@H]1O[C@@H](O)[C@H](O)[C@@H](Oc2cccc(O)c2)[C@@H]1O. The van der Waals surface area contributed by atoms with Crippen LogP contribution in [-0.4, -0.2) is 62.8 Å². The zero-order valence-corrected chi connectivity index (χ0v) is 9.96. The van der Waals surface area contributed by atoms with Gasteiger partial charge in [0.1, 0.15) is 29.8 Å². The number of benzene rings is 1. The van der Waals surface area contributed by atoms with Gasteiger partial charge in [0, 0.05) is 6.07 Å². The van der Waals surface area contributed by atoms with Gasteiger partial charge >= 0.3 is 0 Å². The molecule has 7 nitrogen and oxygen atoms in total. The maximum absolute atomic E-state index is 9.90. The Morgan fingerprint density at radius 3 is 2.53 bits per heavy atom. The molecule has 5 N–H and O–H groups in total. The van der Waals surface area contributed by atoms with E-state index in [1.165, 1.54) is 24.3 Å². The number of hydrogen-bond acceptors (Lipinski definition) is 7. The van der Waals surface area contributed by atoms with Gasteiger partial charge in [-0.25, -0.2) is 0 Å². The topological polar surface area (TPSA) is 120 Å². The summed E-state index contributed by atoms with van der Waals surface area (Å²) in [6, 6.07) is 5.79. The summed E-state index contributed by atoms with van der Waals surface area (Å²) in [4.78, 5) is 0. The minimum atomic E-state index is -1.57. The van der Waals surface area contributed by atoms with E-state index in [9.17, 15) is 20.4 Å². The van der Waals surface area contributed by atoms with Crippen LogP contribution < -0.4 is 4.74 Å². The molecule has 7 heteroatoms. The van der Waals surface area contributed by atoms with E-state index in [2.05, 4.69) is 0 Å². The van der Waals surface area contributed by atoms with Crippen LogP contribution in [0.1, 0.15) is 0 Å². The Balaban J connectivity index is 2.16. The van der Waals surface area contributed by atoms with E-state index in [1.807, 2.05) is 0 Å². The molecule has 5 atom stereocenters. The van der Waals surface area contributed by atoms with Crippen LogP contribution in [0.15, 0.2) is 24.3 Å². The second-order valence-corrected chi connectivity index (χ2v) is 4.31. The first-order chi connectivity index (χ1) is 9.02. The number of aromatic hydroxyl groups is 1. The van der Waals surface area contributed by atoms with Gasteiger partial charge in [-0.1, -0.05) is 6.07 Å². The van der Waals surface area contributed by atoms with E-state index in [-0.39, 0.29) is 11.5 Å². The molecule has 106 valence electrons. The minimum Gasteiger partial charge on any atom is -0.508 e. The normalized spacial score (nSPS) is 35.1. The molecule has 0 amide bonds. The standard InChI is InChI=1S/C12H16O7/c13-5-8-9(15)11(10(16)12(17)19-8)18-7-3-1-2-6(14)4-7/h1-4,8-17H,5H2/t8-,9-,10-,11+,12-/m1/s1. The van der Waals surface area contributed by atoms with Crippen molar-refractivity contribution in [2.75, 3.05) is 6.61 Å². The molecular weight excluding hydrogens is 256 g/mol. The molecule has 0 radical (unpaired) electrons. The van der Waals surface area contributed by atoms with Crippen molar-refractivity contribution in [3.63, 3.8) is 0 Å². The van der Waals surface area contributed by atoms with E-state index >= 15 is 0 Å². The monoisotopic (exact) mass is 272 g/mol. The lowest BCUT2D eigenvalue weighted by Gasteiger charge is -2.39. The van der Waals surface area contributed by atoms with Gasteiger partial charge in [0.05, 0.1) is 6.61 Å². The highest BCUT2D eigenvalue weighted by atomic mass is 16.6. The molecule has 0 aliphatic carbocycles. The molecule has 0 aromatic heterocycles. The molecule has 0 spiro atoms. The average molecular weight is 272 g/mol. The lowest BCUT2D eigenvalue weighted by Crippen LogP contribution is -2.60. The smallest absolute Gasteiger partial charge is 0.185 e. The summed E-state index contributed by atoms with van der Waals surface area (Å²) in [5.41, 5.74) is 0. The van der Waals surface area contributed by atoms with Gasteiger partial charge in [0.15, 0.2) is 12.4 Å². The highest BCUT2D eigenvalue weighted by Gasteiger charge is 2.45. The highest BCUT2D eigenvalue weighted by Crippen LogP contribution is 2.26. The predicted molar refractivity (Wildman–Crippen MR) is 62.5 cm³/mol. The molecule has 0 bridgehead atoms. The van der Waals surface area contributed by atoms with E-state index in [0.29, 0.717) is 0 Å². The summed E-state index contributed by atoms with van der Waals surface area (Å²) in [6.07, 6.45) is -6.59. The summed E-state index contributed by atoms with van der Waals surface area (Å²) in [5, 5.41) is 47.5. The Morgan fingerprint density at radius 2 is 1.89 bits per heavy atom. The van der Waals surface area contributed by atoms with E-state index in [0.717, 1.165) is 0 Å². The summed E-state index contributed by atoms with van der Waals surface area (Å²) < 4.78 is 10.2. The Hall–Kier alpha value is -1.38. The van der Waals surface area contributed by atoms with Crippen LogP contribution in [0.3, 0.4) is 0 Å². The Labute approximate surface area is 109 Å². The first-order valence-corrected chi connectivity index (χ1v) is 5.79. The predicted octanol–water partition coefficient (Wildman–Crippen LogP) is -1.43. The average Bonchev–Trinajstić information content (AvgIpc) is 2.39. The lowest BCUT2D eigenvalue weighted by atomic mass is 9.99. The lowest BCUT2D eigenvalue weighted by molar-refractivity contribution is -0.281. The first-order valence-electron chi connectivity index (χ1n) is 5.79. The Bertz CT molecular complexity index is 424. The number of aliphatic hydroxyl groups excluding tert-OH is 4. The van der Waals surface area contributed by atoms with Crippen LogP contribution in [0.4, 0.5) is 0 Å². The van der Waals surface area contributed by atoms with Crippen LogP contribution in [-0.2, 0) is 4.74 Å². The number of phenols is 1. The molecule has 0 saturated carbocycles. The molecule has 2 rings (SSSR count). The molecular formula is C12H16O7. The summed E-state index contributed by atoms with van der Waals surface area (Å²) >= 11 is 0. The quantitative estimate of drug-likeness (QED) is 0.457. The molecule has 1 heterocycles. The minimum absolute atomic E-state index is 0.0344. The van der Waals surface area contributed by atoms with Crippen molar-refractivity contribution in [3.05, 3.63) is 24.3 Å². The molecule has 1 fully saturated rings. The third-order valence-corrected chi connectivity index (χ3v) is 2.93. The van der Waals surface area contributed by atoms with Crippen LogP contribution >= 0.6 is 0 Å². The number of aliphatic hydroxyl groups is 4. The van der Waals surface area contributed by atoms with Gasteiger partial charge < -0.3 is 35.0 Å². The molecule has 1 aromatic carbocycles. The van der Waals surface area contributed by atoms with Gasteiger partial charge in [-0.2, -0.15) is 0 Å². The molecule has 0 unspecified atom stereocenters. The van der Waals surface area contributed by atoms with Crippen molar-refractivity contribution in [1.82, 2.24) is 0 Å². The fraction of sp³-hybridized carbons (Fsp3) is 0.500. The maximum atomic E-state index is 9.90. The fourth-order valence-electron chi connectivity index (χ4n) is 1.92. The second kappa shape index (κ2) is 5.72. The van der Waals surface area contributed by atoms with Crippen molar-refractivity contribution in [3.8, 4) is 11.5 Å². The second-order valence-electron chi connectivity index (χ2n) is 4.31. The first kappa shape index (κ1) is 14.0. The fourth-order valence-corrected chi connectivity index (χ4v) is 1.92. The van der Waals surface area contributed by atoms with Crippen molar-refractivity contribution >= 4 is 0 Å². The molecule has 1 aromatic rings. The van der Waals surface area contributed by atoms with Crippen LogP contribution in [0, 0.1) is 0 Å². The van der Waals surface area contributed by atoms with Gasteiger partial charge in [-0.3, -0.25) is 0 Å². The molecule has 1 aliphatic rings. The van der Waals surface area contributed by atoms with Gasteiger partial charge in [0.25, 0.3) is 0 Å². The summed E-state index contributed by atoms with van der Waals surface area (Å²) in [6.45, 7) is -0.523. The number of phenolic OH excluding ortho intramolecular Hbond substituents is 1. The molecule has 1 aliphatic heterocycles.